The van der Waals surface area contributed by atoms with Crippen molar-refractivity contribution >= 4 is 47.2 Å². The molecule has 4 aromatic carbocycles. The summed E-state index contributed by atoms with van der Waals surface area (Å²) < 4.78 is 0. The average Bonchev–Trinajstić information content (AvgIpc) is 3.77. The van der Waals surface area contributed by atoms with Crippen LogP contribution in [0.3, 0.4) is 0 Å². The lowest BCUT2D eigenvalue weighted by Gasteiger charge is -2.29. The third-order valence-electron chi connectivity index (χ3n) is 12.2. The Labute approximate surface area is 405 Å². The van der Waals surface area contributed by atoms with E-state index in [1.165, 1.54) is 16.7 Å². The highest BCUT2D eigenvalue weighted by molar-refractivity contribution is 5.97. The van der Waals surface area contributed by atoms with Crippen molar-refractivity contribution in [2.45, 2.75) is 95.3 Å². The summed E-state index contributed by atoms with van der Waals surface area (Å²) in [5.74, 6) is -11.3. The molecule has 18 heteroatoms. The Morgan fingerprint density at radius 3 is 1.56 bits per heavy atom. The lowest BCUT2D eigenvalue weighted by atomic mass is 9.73. The number of benzene rings is 4. The standard InChI is InChI=1S/C52H61N7O11/c1-31(2)39(26-44(61)41(22-23-45(62)63)55-52(70)40(53)27-46(64)65)51(69)56-42(28-47(66)67)43(60)25-37(50(54)68)24-38-30-59(58-57-38)29-32-18-20-36(21-19-32)49(35-16-10-5-11-17-35)48(33-12-6-3-7-13-33)34-14-8-4-9-15-34/h3-21,30-31,37,39-42,48-49,57-58H,22-29,53H2,1-2H3,(H2,54,68)(H,55,70)(H,56,69)(H,62,63)(H,64,65)(H,66,67)/t37?,39-,40?,41-,42?,49?/m0/s1. The van der Waals surface area contributed by atoms with Crippen molar-refractivity contribution in [1.29, 1.82) is 0 Å². The van der Waals surface area contributed by atoms with Crippen LogP contribution in [0.25, 0.3) is 0 Å². The average molecular weight is 960 g/mol. The number of nitrogens with zero attached hydrogens (tertiary/aromatic N) is 1. The third-order valence-corrected chi connectivity index (χ3v) is 12.2. The minimum Gasteiger partial charge on any atom is -0.481 e. The predicted octanol–water partition coefficient (Wildman–Crippen LogP) is 4.11. The summed E-state index contributed by atoms with van der Waals surface area (Å²) in [7, 11) is 0. The van der Waals surface area contributed by atoms with Gasteiger partial charge in [0.25, 0.3) is 0 Å². The van der Waals surface area contributed by atoms with Crippen LogP contribution < -0.4 is 33.1 Å². The Kier molecular flexibility index (Phi) is 19.5. The fourth-order valence-corrected chi connectivity index (χ4v) is 8.50. The van der Waals surface area contributed by atoms with Crippen LogP contribution in [-0.2, 0) is 44.9 Å². The summed E-state index contributed by atoms with van der Waals surface area (Å²) >= 11 is 0. The van der Waals surface area contributed by atoms with Crippen molar-refractivity contribution in [2.24, 2.45) is 29.2 Å². The molecule has 18 nitrogen and oxygen atoms in total. The SMILES string of the molecule is CC(C)[C@H](CC(=O)[C@H](CCC(=O)O)NC(=O)C(N)CC(=O)O)C(=O)NC(CC(=O)O)C(=O)CC(CC1=CN(Cc2ccc(C(c3ccccc3)C(c3ccccc3)c3ccccc3)cc2)NN1)C(N)=O. The molecule has 370 valence electrons. The van der Waals surface area contributed by atoms with Crippen LogP contribution in [0.5, 0.6) is 0 Å². The van der Waals surface area contributed by atoms with Gasteiger partial charge in [0.05, 0.1) is 43.4 Å². The first-order valence-corrected chi connectivity index (χ1v) is 23.0. The molecule has 0 fully saturated rings. The molecule has 0 saturated carbocycles. The number of carbonyl (C=O) groups excluding carboxylic acids is 5. The van der Waals surface area contributed by atoms with Gasteiger partial charge in [-0.2, -0.15) is 0 Å². The van der Waals surface area contributed by atoms with Gasteiger partial charge in [0.15, 0.2) is 11.6 Å². The number of hydrogen-bond donors (Lipinski definition) is 9. The van der Waals surface area contributed by atoms with Crippen LogP contribution >= 0.6 is 0 Å². The Morgan fingerprint density at radius 2 is 1.09 bits per heavy atom. The third kappa shape index (κ3) is 15.7. The van der Waals surface area contributed by atoms with E-state index in [4.69, 9.17) is 16.6 Å². The van der Waals surface area contributed by atoms with E-state index in [9.17, 15) is 48.6 Å². The number of nitrogens with one attached hydrogen (secondary N) is 4. The number of allylic oxidation sites excluding steroid dienone is 1. The maximum absolute atomic E-state index is 13.7. The smallest absolute Gasteiger partial charge is 0.305 e. The molecule has 3 amide bonds. The Hall–Kier alpha value is -7.70. The number of carboxylic acids is 3. The summed E-state index contributed by atoms with van der Waals surface area (Å²) in [6, 6.07) is 35.0. The zero-order valence-electron chi connectivity index (χ0n) is 39.0. The summed E-state index contributed by atoms with van der Waals surface area (Å²) in [6.07, 6.45) is -1.98. The molecule has 1 heterocycles. The van der Waals surface area contributed by atoms with Crippen LogP contribution in [0.2, 0.25) is 0 Å². The molecular weight excluding hydrogens is 899 g/mol. The zero-order chi connectivity index (χ0) is 50.9. The first-order chi connectivity index (χ1) is 33.4. The number of amides is 3. The second-order valence-corrected chi connectivity index (χ2v) is 17.8. The monoisotopic (exact) mass is 959 g/mol. The first kappa shape index (κ1) is 53.3. The number of nitrogens with two attached hydrogens (primary N) is 2. The molecule has 0 saturated heterocycles. The lowest BCUT2D eigenvalue weighted by Crippen LogP contribution is -2.51. The van der Waals surface area contributed by atoms with E-state index in [0.717, 1.165) is 11.1 Å². The van der Waals surface area contributed by atoms with E-state index >= 15 is 0 Å². The molecule has 1 aliphatic rings. The number of hydrazine groups is 2. The fraction of sp³-hybridized carbons (Fsp3) is 0.346. The molecule has 0 aromatic heterocycles. The molecule has 0 aliphatic carbocycles. The summed E-state index contributed by atoms with van der Waals surface area (Å²) in [5.41, 5.74) is 23.6. The van der Waals surface area contributed by atoms with Gasteiger partial charge in [-0.3, -0.25) is 43.4 Å². The van der Waals surface area contributed by atoms with Crippen molar-refractivity contribution in [2.75, 3.05) is 0 Å². The highest BCUT2D eigenvalue weighted by atomic mass is 16.4. The van der Waals surface area contributed by atoms with Crippen molar-refractivity contribution in [3.8, 4) is 0 Å². The quantitative estimate of drug-likeness (QED) is 0.0387. The number of carboxylic acid groups (broad SMARTS) is 3. The van der Waals surface area contributed by atoms with Gasteiger partial charge in [-0.05, 0) is 40.2 Å². The molecule has 11 N–H and O–H groups in total. The van der Waals surface area contributed by atoms with Gasteiger partial charge in [-0.25, -0.2) is 0 Å². The zero-order valence-corrected chi connectivity index (χ0v) is 39.0. The highest BCUT2D eigenvalue weighted by Crippen LogP contribution is 2.43. The molecule has 0 bridgehead atoms. The van der Waals surface area contributed by atoms with Gasteiger partial charge in [0.1, 0.15) is 0 Å². The molecule has 0 radical (unpaired) electrons. The van der Waals surface area contributed by atoms with Crippen molar-refractivity contribution in [3.05, 3.63) is 155 Å². The van der Waals surface area contributed by atoms with Crippen LogP contribution in [0.15, 0.2) is 127 Å². The highest BCUT2D eigenvalue weighted by Gasteiger charge is 2.35. The van der Waals surface area contributed by atoms with E-state index < -0.39 is 122 Å². The second kappa shape index (κ2) is 25.6. The largest absolute Gasteiger partial charge is 0.481 e. The maximum Gasteiger partial charge on any atom is 0.305 e. The van der Waals surface area contributed by atoms with Gasteiger partial charge in [0, 0.05) is 55.3 Å². The van der Waals surface area contributed by atoms with Crippen LogP contribution in [0, 0.1) is 17.8 Å². The summed E-state index contributed by atoms with van der Waals surface area (Å²) in [4.78, 5) is 101. The van der Waals surface area contributed by atoms with Gasteiger partial charge >= 0.3 is 17.9 Å². The Bertz CT molecular complexity index is 2450. The van der Waals surface area contributed by atoms with Gasteiger partial charge in [-0.1, -0.05) is 129 Å². The normalized spacial score (nSPS) is 14.8. The van der Waals surface area contributed by atoms with E-state index in [-0.39, 0.29) is 18.3 Å². The van der Waals surface area contributed by atoms with E-state index in [1.807, 2.05) is 30.3 Å². The number of ketones is 2. The first-order valence-electron chi connectivity index (χ1n) is 23.0. The van der Waals surface area contributed by atoms with Gasteiger partial charge in [-0.15, -0.1) is 5.53 Å². The van der Waals surface area contributed by atoms with Crippen molar-refractivity contribution < 1.29 is 53.7 Å². The Balaban J connectivity index is 1.25. The number of aliphatic carboxylic acids is 3. The second-order valence-electron chi connectivity index (χ2n) is 17.8. The molecule has 6 atom stereocenters. The molecule has 5 rings (SSSR count). The molecule has 1 aliphatic heterocycles. The maximum atomic E-state index is 13.7. The summed E-state index contributed by atoms with van der Waals surface area (Å²) in [6.45, 7) is 3.59. The molecule has 70 heavy (non-hydrogen) atoms. The molecule has 4 aromatic rings. The van der Waals surface area contributed by atoms with E-state index in [2.05, 4.69) is 107 Å². The van der Waals surface area contributed by atoms with E-state index in [0.29, 0.717) is 12.2 Å². The van der Waals surface area contributed by atoms with Gasteiger partial charge < -0.3 is 42.8 Å². The lowest BCUT2D eigenvalue weighted by molar-refractivity contribution is -0.142. The topological polar surface area (TPSA) is 301 Å². The van der Waals surface area contributed by atoms with Gasteiger partial charge in [0.2, 0.25) is 17.7 Å². The predicted molar refractivity (Wildman–Crippen MR) is 257 cm³/mol. The number of rotatable bonds is 28. The minimum atomic E-state index is -1.63. The fourth-order valence-electron chi connectivity index (χ4n) is 8.50. The summed E-state index contributed by atoms with van der Waals surface area (Å²) in [5, 5.41) is 34.4. The van der Waals surface area contributed by atoms with Crippen LogP contribution in [0.4, 0.5) is 0 Å². The molecule has 4 unspecified atom stereocenters. The van der Waals surface area contributed by atoms with Crippen molar-refractivity contribution in [3.63, 3.8) is 0 Å². The van der Waals surface area contributed by atoms with E-state index in [1.54, 1.807) is 25.1 Å². The molecular formula is C52H61N7O11. The number of Topliss-reactive ketones (excluding diaryl/α,β-unsaturated/α-hetero) is 2. The number of carbonyl (C=O) groups is 8. The Morgan fingerprint density at radius 1 is 0.600 bits per heavy atom. The van der Waals surface area contributed by atoms with Crippen LogP contribution in [0.1, 0.15) is 98.4 Å². The number of hydrogen-bond acceptors (Lipinski definition) is 12. The van der Waals surface area contributed by atoms with Crippen LogP contribution in [-0.4, -0.2) is 85.6 Å². The minimum absolute atomic E-state index is 0.00874. The van der Waals surface area contributed by atoms with Crippen molar-refractivity contribution in [1.82, 2.24) is 26.6 Å². The molecule has 0 spiro atoms. The number of primary amides is 1.